The highest BCUT2D eigenvalue weighted by Gasteiger charge is 2.39. The van der Waals surface area contributed by atoms with E-state index < -0.39 is 0 Å². The minimum Gasteiger partial charge on any atom is -0.489 e. The Balaban J connectivity index is 1.50. The minimum absolute atomic E-state index is 0.0379. The Kier molecular flexibility index (Phi) is 5.89. The summed E-state index contributed by atoms with van der Waals surface area (Å²) < 4.78 is 11.3. The summed E-state index contributed by atoms with van der Waals surface area (Å²) in [5.41, 5.74) is 1.83. The molecule has 5 nitrogen and oxygen atoms in total. The van der Waals surface area contributed by atoms with Crippen molar-refractivity contribution in [2.45, 2.75) is 50.9 Å². The number of amides is 1. The average Bonchev–Trinajstić information content (AvgIpc) is 2.64. The van der Waals surface area contributed by atoms with Crippen LogP contribution in [0.2, 0.25) is 0 Å². The van der Waals surface area contributed by atoms with Crippen molar-refractivity contribution in [3.05, 3.63) is 59.9 Å². The predicted octanol–water partition coefficient (Wildman–Crippen LogP) is 3.80. The Labute approximate surface area is 154 Å². The molecule has 2 aromatic rings. The van der Waals surface area contributed by atoms with Gasteiger partial charge in [-0.15, -0.1) is 0 Å². The number of aromatic nitrogens is 1. The van der Waals surface area contributed by atoms with Crippen molar-refractivity contribution < 1.29 is 14.3 Å². The Morgan fingerprint density at radius 3 is 2.62 bits per heavy atom. The SMILES string of the molecule is COC1(CC(=O)N[C@H](C)c2ccc(OCc3cccnc3)cc2)CCC1. The monoisotopic (exact) mass is 354 g/mol. The van der Waals surface area contributed by atoms with Crippen LogP contribution < -0.4 is 10.1 Å². The van der Waals surface area contributed by atoms with Gasteiger partial charge < -0.3 is 14.8 Å². The molecule has 1 amide bonds. The lowest BCUT2D eigenvalue weighted by Crippen LogP contribution is -2.44. The fraction of sp³-hybridized carbons (Fsp3) is 0.429. The maximum atomic E-state index is 12.3. The number of nitrogens with one attached hydrogen (secondary N) is 1. The van der Waals surface area contributed by atoms with Gasteiger partial charge in [0.05, 0.1) is 18.1 Å². The molecule has 1 atom stereocenters. The third kappa shape index (κ3) is 4.61. The van der Waals surface area contributed by atoms with Gasteiger partial charge in [0.25, 0.3) is 0 Å². The van der Waals surface area contributed by atoms with Crippen LogP contribution >= 0.6 is 0 Å². The zero-order valence-electron chi connectivity index (χ0n) is 15.4. The molecule has 0 bridgehead atoms. The number of carbonyl (C=O) groups excluding carboxylic acids is 1. The van der Waals surface area contributed by atoms with Gasteiger partial charge in [0, 0.05) is 25.1 Å². The number of methoxy groups -OCH3 is 1. The van der Waals surface area contributed by atoms with Crippen LogP contribution in [0.15, 0.2) is 48.8 Å². The molecule has 26 heavy (non-hydrogen) atoms. The van der Waals surface area contributed by atoms with E-state index in [1.54, 1.807) is 19.5 Å². The molecule has 1 saturated carbocycles. The molecule has 5 heteroatoms. The summed E-state index contributed by atoms with van der Waals surface area (Å²) in [5, 5.41) is 3.06. The number of carbonyl (C=O) groups is 1. The van der Waals surface area contributed by atoms with Gasteiger partial charge >= 0.3 is 0 Å². The summed E-state index contributed by atoms with van der Waals surface area (Å²) in [6, 6.07) is 11.6. The van der Waals surface area contributed by atoms with Gasteiger partial charge in [-0.25, -0.2) is 0 Å². The van der Waals surface area contributed by atoms with Crippen LogP contribution in [0.3, 0.4) is 0 Å². The number of hydrogen-bond acceptors (Lipinski definition) is 4. The predicted molar refractivity (Wildman–Crippen MR) is 99.8 cm³/mol. The molecule has 1 aliphatic carbocycles. The highest BCUT2D eigenvalue weighted by molar-refractivity contribution is 5.77. The number of nitrogens with zero attached hydrogens (tertiary/aromatic N) is 1. The summed E-state index contributed by atoms with van der Waals surface area (Å²) in [5.74, 6) is 0.833. The van der Waals surface area contributed by atoms with Crippen molar-refractivity contribution in [3.8, 4) is 5.75 Å². The third-order valence-corrected chi connectivity index (χ3v) is 5.07. The minimum atomic E-state index is -0.242. The van der Waals surface area contributed by atoms with Gasteiger partial charge in [-0.2, -0.15) is 0 Å². The molecule has 0 radical (unpaired) electrons. The summed E-state index contributed by atoms with van der Waals surface area (Å²) in [7, 11) is 1.69. The van der Waals surface area contributed by atoms with Crippen LogP contribution in [0, 0.1) is 0 Å². The van der Waals surface area contributed by atoms with Crippen molar-refractivity contribution in [2.75, 3.05) is 7.11 Å². The molecule has 1 aromatic carbocycles. The number of benzene rings is 1. The van der Waals surface area contributed by atoms with Gasteiger partial charge in [0.1, 0.15) is 12.4 Å². The lowest BCUT2D eigenvalue weighted by Gasteiger charge is -2.40. The highest BCUT2D eigenvalue weighted by Crippen LogP contribution is 2.38. The standard InChI is InChI=1S/C21H26N2O3/c1-16(23-20(24)13-21(25-2)10-4-11-21)18-6-8-19(9-7-18)26-15-17-5-3-12-22-14-17/h3,5-9,12,14,16H,4,10-11,13,15H2,1-2H3,(H,23,24)/t16-/m1/s1. The van der Waals surface area contributed by atoms with Gasteiger partial charge in [-0.05, 0) is 49.9 Å². The average molecular weight is 354 g/mol. The van der Waals surface area contributed by atoms with Crippen LogP contribution in [0.25, 0.3) is 0 Å². The summed E-state index contributed by atoms with van der Waals surface area (Å²) in [4.78, 5) is 16.4. The quantitative estimate of drug-likeness (QED) is 0.783. The molecule has 138 valence electrons. The molecular formula is C21H26N2O3. The normalized spacial score (nSPS) is 16.4. The van der Waals surface area contributed by atoms with Gasteiger partial charge in [-0.3, -0.25) is 9.78 Å². The van der Waals surface area contributed by atoms with E-state index in [1.165, 1.54) is 0 Å². The fourth-order valence-electron chi connectivity index (χ4n) is 3.20. The molecule has 1 aliphatic rings. The summed E-state index contributed by atoms with van der Waals surface area (Å²) in [6.07, 6.45) is 7.04. The fourth-order valence-corrected chi connectivity index (χ4v) is 3.20. The zero-order chi connectivity index (χ0) is 18.4. The second kappa shape index (κ2) is 8.32. The van der Waals surface area contributed by atoms with E-state index in [9.17, 15) is 4.79 Å². The maximum Gasteiger partial charge on any atom is 0.223 e. The third-order valence-electron chi connectivity index (χ3n) is 5.07. The van der Waals surface area contributed by atoms with E-state index in [1.807, 2.05) is 43.3 Å². The maximum absolute atomic E-state index is 12.3. The van der Waals surface area contributed by atoms with Crippen LogP contribution in [0.1, 0.15) is 49.8 Å². The Morgan fingerprint density at radius 2 is 2.04 bits per heavy atom. The molecule has 1 fully saturated rings. The lowest BCUT2D eigenvalue weighted by atomic mass is 9.77. The lowest BCUT2D eigenvalue weighted by molar-refractivity contribution is -0.134. The van der Waals surface area contributed by atoms with Crippen molar-refractivity contribution in [3.63, 3.8) is 0 Å². The molecule has 1 N–H and O–H groups in total. The van der Waals surface area contributed by atoms with Crippen LogP contribution in [0.5, 0.6) is 5.75 Å². The van der Waals surface area contributed by atoms with Gasteiger partial charge in [0.2, 0.25) is 5.91 Å². The molecule has 0 unspecified atom stereocenters. The van der Waals surface area contributed by atoms with E-state index in [4.69, 9.17) is 9.47 Å². The number of hydrogen-bond donors (Lipinski definition) is 1. The topological polar surface area (TPSA) is 60.5 Å². The summed E-state index contributed by atoms with van der Waals surface area (Å²) in [6.45, 7) is 2.47. The van der Waals surface area contributed by atoms with Crippen LogP contribution in [-0.2, 0) is 16.1 Å². The number of rotatable bonds is 8. The van der Waals surface area contributed by atoms with Crippen LogP contribution in [0.4, 0.5) is 0 Å². The number of ether oxygens (including phenoxy) is 2. The number of pyridine rings is 1. The van der Waals surface area contributed by atoms with Gasteiger partial charge in [-0.1, -0.05) is 18.2 Å². The van der Waals surface area contributed by atoms with E-state index in [2.05, 4.69) is 10.3 Å². The first-order valence-electron chi connectivity index (χ1n) is 9.06. The van der Waals surface area contributed by atoms with Gasteiger partial charge in [0.15, 0.2) is 0 Å². The molecule has 1 heterocycles. The van der Waals surface area contributed by atoms with Crippen molar-refractivity contribution >= 4 is 5.91 Å². The smallest absolute Gasteiger partial charge is 0.223 e. The summed E-state index contributed by atoms with van der Waals surface area (Å²) >= 11 is 0. The van der Waals surface area contributed by atoms with E-state index in [-0.39, 0.29) is 17.6 Å². The first-order chi connectivity index (χ1) is 12.6. The first-order valence-corrected chi connectivity index (χ1v) is 9.06. The first kappa shape index (κ1) is 18.4. The molecule has 3 rings (SSSR count). The van der Waals surface area contributed by atoms with E-state index in [0.29, 0.717) is 13.0 Å². The Bertz CT molecular complexity index is 706. The molecule has 0 spiro atoms. The van der Waals surface area contributed by atoms with E-state index >= 15 is 0 Å². The second-order valence-corrected chi connectivity index (χ2v) is 6.93. The zero-order valence-corrected chi connectivity index (χ0v) is 15.4. The molecular weight excluding hydrogens is 328 g/mol. The Morgan fingerprint density at radius 1 is 1.27 bits per heavy atom. The van der Waals surface area contributed by atoms with E-state index in [0.717, 1.165) is 36.1 Å². The van der Waals surface area contributed by atoms with Crippen molar-refractivity contribution in [2.24, 2.45) is 0 Å². The Hall–Kier alpha value is -2.40. The molecule has 1 aromatic heterocycles. The van der Waals surface area contributed by atoms with Crippen molar-refractivity contribution in [1.82, 2.24) is 10.3 Å². The van der Waals surface area contributed by atoms with Crippen LogP contribution in [-0.4, -0.2) is 23.6 Å². The largest absolute Gasteiger partial charge is 0.489 e. The molecule has 0 saturated heterocycles. The highest BCUT2D eigenvalue weighted by atomic mass is 16.5. The molecule has 0 aliphatic heterocycles. The second-order valence-electron chi connectivity index (χ2n) is 6.93. The van der Waals surface area contributed by atoms with Crippen molar-refractivity contribution in [1.29, 1.82) is 0 Å².